The molecule has 0 saturated heterocycles. The van der Waals surface area contributed by atoms with Crippen LogP contribution in [0, 0.1) is 0 Å². The third-order valence-electron chi connectivity index (χ3n) is 2.15. The fourth-order valence-electron chi connectivity index (χ4n) is 1.29. The van der Waals surface area contributed by atoms with Crippen molar-refractivity contribution in [2.45, 2.75) is 0 Å². The lowest BCUT2D eigenvalue weighted by molar-refractivity contribution is 0.104. The molecule has 1 nitrogen and oxygen atoms in total. The maximum Gasteiger partial charge on any atom is 0.185 e. The highest BCUT2D eigenvalue weighted by Crippen LogP contribution is 2.23. The highest BCUT2D eigenvalue weighted by molar-refractivity contribution is 7.10. The van der Waals surface area contributed by atoms with E-state index in [1.165, 1.54) is 6.08 Å². The van der Waals surface area contributed by atoms with Crippen LogP contribution >= 0.6 is 34.5 Å². The van der Waals surface area contributed by atoms with Gasteiger partial charge in [-0.1, -0.05) is 29.3 Å². The molecule has 0 fully saturated rings. The van der Waals surface area contributed by atoms with E-state index in [9.17, 15) is 4.79 Å². The van der Waals surface area contributed by atoms with Crippen molar-refractivity contribution in [2.24, 2.45) is 0 Å². The number of benzene rings is 1. The summed E-state index contributed by atoms with van der Waals surface area (Å²) in [6.07, 6.45) is 3.32. The zero-order valence-corrected chi connectivity index (χ0v) is 11.0. The molecule has 1 heterocycles. The first-order valence-electron chi connectivity index (χ1n) is 4.88. The number of halogens is 2. The molecule has 0 atom stereocenters. The van der Waals surface area contributed by atoms with Gasteiger partial charge in [0.2, 0.25) is 0 Å². The van der Waals surface area contributed by atoms with Crippen LogP contribution in [-0.2, 0) is 0 Å². The van der Waals surface area contributed by atoms with E-state index in [0.29, 0.717) is 15.6 Å². The number of carbonyl (C=O) groups is 1. The normalized spacial score (nSPS) is 10.9. The summed E-state index contributed by atoms with van der Waals surface area (Å²) >= 11 is 13.2. The van der Waals surface area contributed by atoms with E-state index < -0.39 is 0 Å². The summed E-state index contributed by atoms with van der Waals surface area (Å²) in [6.45, 7) is 0. The third-order valence-corrected chi connectivity index (χ3v) is 3.72. The largest absolute Gasteiger partial charge is 0.289 e. The second-order valence-electron chi connectivity index (χ2n) is 3.34. The minimum Gasteiger partial charge on any atom is -0.289 e. The van der Waals surface area contributed by atoms with Crippen molar-refractivity contribution in [1.29, 1.82) is 0 Å². The Morgan fingerprint density at radius 3 is 2.65 bits per heavy atom. The molecular weight excluding hydrogens is 275 g/mol. The van der Waals surface area contributed by atoms with Gasteiger partial charge in [0, 0.05) is 10.4 Å². The highest BCUT2D eigenvalue weighted by atomic mass is 35.5. The zero-order valence-electron chi connectivity index (χ0n) is 8.69. The van der Waals surface area contributed by atoms with Crippen LogP contribution < -0.4 is 0 Å². The van der Waals surface area contributed by atoms with Crippen molar-refractivity contribution in [3.8, 4) is 0 Å². The van der Waals surface area contributed by atoms with Crippen LogP contribution in [0.2, 0.25) is 10.0 Å². The Labute approximate surface area is 113 Å². The lowest BCUT2D eigenvalue weighted by atomic mass is 10.1. The number of allylic oxidation sites excluding steroid dienone is 1. The number of carbonyl (C=O) groups excluding carboxylic acids is 1. The first-order valence-corrected chi connectivity index (χ1v) is 6.51. The molecule has 86 valence electrons. The predicted molar refractivity (Wildman–Crippen MR) is 74.1 cm³/mol. The molecule has 17 heavy (non-hydrogen) atoms. The Morgan fingerprint density at radius 2 is 2.00 bits per heavy atom. The summed E-state index contributed by atoms with van der Waals surface area (Å²) in [5.41, 5.74) is 0.534. The molecule has 0 radical (unpaired) electrons. The Bertz CT molecular complexity index is 559. The first-order chi connectivity index (χ1) is 8.16. The summed E-state index contributed by atoms with van der Waals surface area (Å²) in [7, 11) is 0. The smallest absolute Gasteiger partial charge is 0.185 e. The lowest BCUT2D eigenvalue weighted by Gasteiger charge is -1.98. The Kier molecular flexibility index (Phi) is 4.00. The molecule has 0 N–H and O–H groups in total. The third kappa shape index (κ3) is 3.19. The number of thiophene rings is 1. The predicted octanol–water partition coefficient (Wildman–Crippen LogP) is 4.95. The first kappa shape index (κ1) is 12.4. The van der Waals surface area contributed by atoms with Crippen molar-refractivity contribution in [1.82, 2.24) is 0 Å². The Hall–Kier alpha value is -1.09. The van der Waals surface area contributed by atoms with Crippen molar-refractivity contribution >= 4 is 46.4 Å². The molecule has 0 bridgehead atoms. The van der Waals surface area contributed by atoms with Gasteiger partial charge >= 0.3 is 0 Å². The van der Waals surface area contributed by atoms with Gasteiger partial charge in [0.15, 0.2) is 5.78 Å². The van der Waals surface area contributed by atoms with Gasteiger partial charge in [-0.05, 0) is 41.8 Å². The fourth-order valence-corrected chi connectivity index (χ4v) is 2.21. The topological polar surface area (TPSA) is 17.1 Å². The maximum atomic E-state index is 11.8. The minimum atomic E-state index is -0.0861. The monoisotopic (exact) mass is 282 g/mol. The SMILES string of the molecule is O=C(C=Cc1cccs1)c1ccc(Cl)c(Cl)c1. The van der Waals surface area contributed by atoms with E-state index in [4.69, 9.17) is 23.2 Å². The summed E-state index contributed by atoms with van der Waals surface area (Å²) < 4.78 is 0. The summed E-state index contributed by atoms with van der Waals surface area (Å²) in [4.78, 5) is 12.9. The minimum absolute atomic E-state index is 0.0861. The van der Waals surface area contributed by atoms with Gasteiger partial charge in [-0.3, -0.25) is 4.79 Å². The number of rotatable bonds is 3. The molecule has 0 unspecified atom stereocenters. The molecule has 1 aromatic carbocycles. The van der Waals surface area contributed by atoms with Crippen molar-refractivity contribution < 1.29 is 4.79 Å². The molecule has 4 heteroatoms. The molecule has 2 rings (SSSR count). The van der Waals surface area contributed by atoms with Gasteiger partial charge in [-0.25, -0.2) is 0 Å². The van der Waals surface area contributed by atoms with Gasteiger partial charge in [-0.2, -0.15) is 0 Å². The van der Waals surface area contributed by atoms with E-state index in [1.807, 2.05) is 17.5 Å². The van der Waals surface area contributed by atoms with Crippen LogP contribution in [-0.4, -0.2) is 5.78 Å². The van der Waals surface area contributed by atoms with E-state index in [1.54, 1.807) is 35.6 Å². The second kappa shape index (κ2) is 5.50. The zero-order chi connectivity index (χ0) is 12.3. The molecular formula is C13H8Cl2OS. The molecule has 0 aliphatic heterocycles. The Morgan fingerprint density at radius 1 is 1.18 bits per heavy atom. The van der Waals surface area contributed by atoms with Crippen LogP contribution in [0.5, 0.6) is 0 Å². The quantitative estimate of drug-likeness (QED) is 0.575. The van der Waals surface area contributed by atoms with Crippen LogP contribution in [0.3, 0.4) is 0 Å². The van der Waals surface area contributed by atoms with Crippen molar-refractivity contribution in [2.75, 3.05) is 0 Å². The van der Waals surface area contributed by atoms with E-state index in [0.717, 1.165) is 4.88 Å². The standard InChI is InChI=1S/C13H8Cl2OS/c14-11-5-3-9(8-12(11)15)13(16)6-4-10-2-1-7-17-10/h1-8H. The van der Waals surface area contributed by atoms with Crippen LogP contribution in [0.15, 0.2) is 41.8 Å². The number of hydrogen-bond acceptors (Lipinski definition) is 2. The molecule has 1 aromatic heterocycles. The Balaban J connectivity index is 2.17. The van der Waals surface area contributed by atoms with Crippen molar-refractivity contribution in [3.63, 3.8) is 0 Å². The van der Waals surface area contributed by atoms with Crippen LogP contribution in [0.1, 0.15) is 15.2 Å². The molecule has 0 saturated carbocycles. The van der Waals surface area contributed by atoms with Gasteiger partial charge in [0.05, 0.1) is 10.0 Å². The maximum absolute atomic E-state index is 11.8. The number of ketones is 1. The molecule has 0 aliphatic rings. The summed E-state index contributed by atoms with van der Waals surface area (Å²) in [5, 5.41) is 2.80. The average molecular weight is 283 g/mol. The average Bonchev–Trinajstić information content (AvgIpc) is 2.82. The van der Waals surface area contributed by atoms with E-state index in [2.05, 4.69) is 0 Å². The molecule has 0 amide bonds. The summed E-state index contributed by atoms with van der Waals surface area (Å²) in [5.74, 6) is -0.0861. The van der Waals surface area contributed by atoms with E-state index >= 15 is 0 Å². The second-order valence-corrected chi connectivity index (χ2v) is 5.14. The molecule has 0 aliphatic carbocycles. The number of hydrogen-bond donors (Lipinski definition) is 0. The highest BCUT2D eigenvalue weighted by Gasteiger charge is 2.04. The molecule has 2 aromatic rings. The van der Waals surface area contributed by atoms with Gasteiger partial charge in [0.25, 0.3) is 0 Å². The van der Waals surface area contributed by atoms with Gasteiger partial charge in [-0.15, -0.1) is 11.3 Å². The van der Waals surface area contributed by atoms with Crippen LogP contribution in [0.4, 0.5) is 0 Å². The lowest BCUT2D eigenvalue weighted by Crippen LogP contribution is -1.93. The van der Waals surface area contributed by atoms with E-state index in [-0.39, 0.29) is 5.78 Å². The van der Waals surface area contributed by atoms with Gasteiger partial charge < -0.3 is 0 Å². The van der Waals surface area contributed by atoms with Crippen molar-refractivity contribution in [3.05, 3.63) is 62.3 Å². The summed E-state index contributed by atoms with van der Waals surface area (Å²) in [6, 6.07) is 8.74. The fraction of sp³-hybridized carbons (Fsp3) is 0. The van der Waals surface area contributed by atoms with Crippen LogP contribution in [0.25, 0.3) is 6.08 Å². The van der Waals surface area contributed by atoms with Gasteiger partial charge in [0.1, 0.15) is 0 Å². The molecule has 0 spiro atoms.